The highest BCUT2D eigenvalue weighted by molar-refractivity contribution is 5.92. The molecule has 1 saturated carbocycles. The second-order valence-electron chi connectivity index (χ2n) is 9.37. The van der Waals surface area contributed by atoms with Gasteiger partial charge >= 0.3 is 6.18 Å². The number of hydrogen-bond donors (Lipinski definition) is 2. The molecule has 4 rings (SSSR count). The predicted molar refractivity (Wildman–Crippen MR) is 129 cm³/mol. The van der Waals surface area contributed by atoms with Crippen LogP contribution in [0.2, 0.25) is 0 Å². The van der Waals surface area contributed by atoms with Crippen LogP contribution in [0.25, 0.3) is 0 Å². The Hall–Kier alpha value is -3.84. The van der Waals surface area contributed by atoms with Gasteiger partial charge in [-0.25, -0.2) is 0 Å². The Kier molecular flexibility index (Phi) is 9.02. The van der Waals surface area contributed by atoms with Crippen LogP contribution < -0.4 is 10.6 Å². The van der Waals surface area contributed by atoms with Crippen LogP contribution in [-0.2, 0) is 25.8 Å². The smallest absolute Gasteiger partial charge is 0.350 e. The van der Waals surface area contributed by atoms with E-state index < -0.39 is 17.6 Å². The number of hydrogen-bond acceptors (Lipinski definition) is 7. The Morgan fingerprint density at radius 3 is 2.13 bits per heavy atom. The van der Waals surface area contributed by atoms with E-state index in [1.807, 2.05) is 0 Å². The fourth-order valence-corrected chi connectivity index (χ4v) is 4.30. The summed E-state index contributed by atoms with van der Waals surface area (Å²) in [5, 5.41) is 21.2. The zero-order valence-electron chi connectivity index (χ0n) is 20.8. The molecule has 0 bridgehead atoms. The van der Waals surface area contributed by atoms with Crippen molar-refractivity contribution in [2.75, 3.05) is 6.54 Å². The number of nitrogens with one attached hydrogen (secondary N) is 2. The van der Waals surface area contributed by atoms with E-state index in [4.69, 9.17) is 0 Å². The third kappa shape index (κ3) is 7.83. The van der Waals surface area contributed by atoms with Gasteiger partial charge in [0.25, 0.3) is 11.8 Å². The van der Waals surface area contributed by atoms with E-state index in [1.165, 1.54) is 30.1 Å². The van der Waals surface area contributed by atoms with Crippen molar-refractivity contribution >= 4 is 11.8 Å². The lowest BCUT2D eigenvalue weighted by Crippen LogP contribution is -2.30. The molecule has 0 unspecified atom stereocenters. The van der Waals surface area contributed by atoms with Gasteiger partial charge in [-0.15, -0.1) is 10.2 Å². The van der Waals surface area contributed by atoms with Crippen molar-refractivity contribution in [1.29, 1.82) is 0 Å². The fourth-order valence-electron chi connectivity index (χ4n) is 4.30. The lowest BCUT2D eigenvalue weighted by atomic mass is 9.89. The van der Waals surface area contributed by atoms with E-state index in [1.54, 1.807) is 10.9 Å². The van der Waals surface area contributed by atoms with Gasteiger partial charge in [-0.1, -0.05) is 29.7 Å². The zero-order valence-corrected chi connectivity index (χ0v) is 20.8. The molecule has 2 N–H and O–H groups in total. The van der Waals surface area contributed by atoms with Gasteiger partial charge in [-0.2, -0.15) is 13.2 Å². The average molecular weight is 534 g/mol. The molecule has 1 fully saturated rings. The minimum Gasteiger partial charge on any atom is -0.350 e. The molecule has 0 atom stereocenters. The Labute approximate surface area is 217 Å². The third-order valence-corrected chi connectivity index (χ3v) is 6.42. The number of unbranched alkanes of at least 4 members (excludes halogenated alkanes) is 1. The maximum atomic E-state index is 12.8. The maximum absolute atomic E-state index is 12.8. The van der Waals surface area contributed by atoms with E-state index >= 15 is 0 Å². The number of halogens is 3. The van der Waals surface area contributed by atoms with Gasteiger partial charge in [0.1, 0.15) is 0 Å². The number of aromatic nitrogens is 7. The highest BCUT2D eigenvalue weighted by atomic mass is 19.4. The van der Waals surface area contributed by atoms with Crippen molar-refractivity contribution < 1.29 is 22.8 Å². The Bertz CT molecular complexity index is 1220. The number of nitrogens with zero attached hydrogens (tertiary/aromatic N) is 7. The zero-order chi connectivity index (χ0) is 27.0. The SMILES string of the molecule is O=C(NCc1cc(C(F)(F)F)ccn1)c1cn(CCCCn2cc(C(=O)NCC3CCCCC3)nn2)nn1. The van der Waals surface area contributed by atoms with Crippen molar-refractivity contribution in [2.45, 2.75) is 70.8 Å². The highest BCUT2D eigenvalue weighted by Crippen LogP contribution is 2.29. The first-order chi connectivity index (χ1) is 18.3. The van der Waals surface area contributed by atoms with Gasteiger partial charge in [0, 0.05) is 25.8 Å². The highest BCUT2D eigenvalue weighted by Gasteiger charge is 2.30. The summed E-state index contributed by atoms with van der Waals surface area (Å²) < 4.78 is 41.6. The summed E-state index contributed by atoms with van der Waals surface area (Å²) in [5.41, 5.74) is -0.397. The Morgan fingerprint density at radius 1 is 0.921 bits per heavy atom. The topological polar surface area (TPSA) is 133 Å². The number of rotatable bonds is 11. The third-order valence-electron chi connectivity index (χ3n) is 6.42. The summed E-state index contributed by atoms with van der Waals surface area (Å²) >= 11 is 0. The van der Waals surface area contributed by atoms with Crippen LogP contribution in [0.4, 0.5) is 13.2 Å². The molecule has 0 saturated heterocycles. The van der Waals surface area contributed by atoms with Gasteiger partial charge < -0.3 is 10.6 Å². The molecule has 0 radical (unpaired) electrons. The summed E-state index contributed by atoms with van der Waals surface area (Å²) in [6, 6.07) is 1.76. The molecule has 204 valence electrons. The molecule has 11 nitrogen and oxygen atoms in total. The van der Waals surface area contributed by atoms with E-state index in [9.17, 15) is 22.8 Å². The predicted octanol–water partition coefficient (Wildman–Crippen LogP) is 3.00. The number of carbonyl (C=O) groups is 2. The monoisotopic (exact) mass is 533 g/mol. The summed E-state index contributed by atoms with van der Waals surface area (Å²) in [5.74, 6) is -0.232. The van der Waals surface area contributed by atoms with Gasteiger partial charge in [0.2, 0.25) is 0 Å². The largest absolute Gasteiger partial charge is 0.416 e. The van der Waals surface area contributed by atoms with Crippen LogP contribution in [0.3, 0.4) is 0 Å². The molecule has 0 aliphatic heterocycles. The molecule has 3 aromatic heterocycles. The van der Waals surface area contributed by atoms with Gasteiger partial charge in [-0.05, 0) is 43.7 Å². The molecule has 1 aliphatic carbocycles. The minimum absolute atomic E-state index is 0.0529. The second-order valence-corrected chi connectivity index (χ2v) is 9.37. The first-order valence-electron chi connectivity index (χ1n) is 12.7. The maximum Gasteiger partial charge on any atom is 0.416 e. The molecular formula is C24H30F3N9O2. The molecule has 0 aromatic carbocycles. The van der Waals surface area contributed by atoms with E-state index in [0.717, 1.165) is 37.6 Å². The average Bonchev–Trinajstić information content (AvgIpc) is 3.59. The molecule has 0 spiro atoms. The summed E-state index contributed by atoms with van der Waals surface area (Å²) in [7, 11) is 0. The number of carbonyl (C=O) groups excluding carboxylic acids is 2. The fraction of sp³-hybridized carbons (Fsp3) is 0.542. The number of amides is 2. The number of aryl methyl sites for hydroxylation is 2. The molecule has 14 heteroatoms. The Balaban J connectivity index is 1.15. The van der Waals surface area contributed by atoms with Gasteiger partial charge in [-0.3, -0.25) is 23.9 Å². The van der Waals surface area contributed by atoms with E-state index in [2.05, 4.69) is 36.2 Å². The molecule has 2 amide bonds. The standard InChI is InChI=1S/C24H30F3N9O2/c25-24(26,27)18-8-9-28-19(12-18)14-30-23(38)21-16-36(34-32-21)11-5-4-10-35-15-20(31-33-35)22(37)29-13-17-6-2-1-3-7-17/h8-9,12,15-17H,1-7,10-11,13-14H2,(H,29,37)(H,30,38). The van der Waals surface area contributed by atoms with Crippen LogP contribution in [-0.4, -0.2) is 53.3 Å². The summed E-state index contributed by atoms with van der Waals surface area (Å²) in [6.07, 6.45) is 7.14. The van der Waals surface area contributed by atoms with Crippen molar-refractivity contribution in [1.82, 2.24) is 45.6 Å². The van der Waals surface area contributed by atoms with Crippen molar-refractivity contribution in [3.63, 3.8) is 0 Å². The first-order valence-corrected chi connectivity index (χ1v) is 12.7. The molecule has 3 heterocycles. The molecule has 1 aliphatic rings. The molecule has 3 aromatic rings. The quantitative estimate of drug-likeness (QED) is 0.362. The van der Waals surface area contributed by atoms with Crippen molar-refractivity contribution in [3.05, 3.63) is 53.4 Å². The minimum atomic E-state index is -4.48. The van der Waals surface area contributed by atoms with Crippen molar-refractivity contribution in [3.8, 4) is 0 Å². The lowest BCUT2D eigenvalue weighted by molar-refractivity contribution is -0.137. The first kappa shape index (κ1) is 27.2. The van der Waals surface area contributed by atoms with Gasteiger partial charge in [0.15, 0.2) is 11.4 Å². The van der Waals surface area contributed by atoms with Crippen LogP contribution in [0.15, 0.2) is 30.7 Å². The van der Waals surface area contributed by atoms with E-state index in [0.29, 0.717) is 37.7 Å². The lowest BCUT2D eigenvalue weighted by Gasteiger charge is -2.21. The summed E-state index contributed by atoms with van der Waals surface area (Å²) in [6.45, 7) is 1.56. The van der Waals surface area contributed by atoms with Crippen molar-refractivity contribution in [2.24, 2.45) is 5.92 Å². The van der Waals surface area contributed by atoms with Crippen LogP contribution in [0.1, 0.15) is 77.2 Å². The number of alkyl halides is 3. The Morgan fingerprint density at radius 2 is 1.53 bits per heavy atom. The van der Waals surface area contributed by atoms with E-state index in [-0.39, 0.29) is 23.8 Å². The van der Waals surface area contributed by atoms with Gasteiger partial charge in [0.05, 0.1) is 30.2 Å². The molecular weight excluding hydrogens is 503 g/mol. The normalized spacial score (nSPS) is 14.4. The molecule has 38 heavy (non-hydrogen) atoms. The van der Waals surface area contributed by atoms with Crippen LogP contribution in [0, 0.1) is 5.92 Å². The number of pyridine rings is 1. The van der Waals surface area contributed by atoms with Crippen LogP contribution >= 0.6 is 0 Å². The second kappa shape index (κ2) is 12.6. The summed E-state index contributed by atoms with van der Waals surface area (Å²) in [4.78, 5) is 28.5. The van der Waals surface area contributed by atoms with Crippen LogP contribution in [0.5, 0.6) is 0 Å².